The van der Waals surface area contributed by atoms with Crippen LogP contribution in [0.5, 0.6) is 0 Å². The van der Waals surface area contributed by atoms with Crippen LogP contribution in [0.1, 0.15) is 25.7 Å². The van der Waals surface area contributed by atoms with Crippen molar-refractivity contribution >= 4 is 17.6 Å². The van der Waals surface area contributed by atoms with Crippen LogP contribution in [-0.4, -0.2) is 79.4 Å². The van der Waals surface area contributed by atoms with Crippen molar-refractivity contribution in [3.8, 4) is 0 Å². The molecule has 10 heteroatoms. The fraction of sp³-hybridized carbons (Fsp3) is 1.00. The van der Waals surface area contributed by atoms with Crippen LogP contribution in [-0.2, 0) is 26.6 Å². The monoisotopic (exact) mass is 398 g/mol. The maximum atomic E-state index is 6.64. The summed E-state index contributed by atoms with van der Waals surface area (Å²) in [6.45, 7) is 0.732. The van der Waals surface area contributed by atoms with Crippen LogP contribution in [0.25, 0.3) is 0 Å². The van der Waals surface area contributed by atoms with E-state index in [1.165, 1.54) is 0 Å². The second kappa shape index (κ2) is 12.5. The number of nitrogens with one attached hydrogen (secondary N) is 1. The SMILES string of the molecule is CNCC(N)(CCC[Si](OC)(OC)OC)CCC[Si](OC)(OC)OC. The molecule has 0 aliphatic carbocycles. The number of hydrogen-bond donors (Lipinski definition) is 2. The summed E-state index contributed by atoms with van der Waals surface area (Å²) >= 11 is 0. The first-order valence-corrected chi connectivity index (χ1v) is 12.4. The van der Waals surface area contributed by atoms with E-state index in [-0.39, 0.29) is 5.54 Å². The van der Waals surface area contributed by atoms with Gasteiger partial charge in [-0.05, 0) is 32.7 Å². The highest BCUT2D eigenvalue weighted by Crippen LogP contribution is 2.25. The smallest absolute Gasteiger partial charge is 0.377 e. The maximum absolute atomic E-state index is 6.64. The Kier molecular flexibility index (Phi) is 12.5. The van der Waals surface area contributed by atoms with Crippen LogP contribution < -0.4 is 11.1 Å². The van der Waals surface area contributed by atoms with E-state index in [9.17, 15) is 0 Å². The summed E-state index contributed by atoms with van der Waals surface area (Å²) < 4.78 is 32.8. The number of hydrogen-bond acceptors (Lipinski definition) is 8. The van der Waals surface area contributed by atoms with Gasteiger partial charge in [-0.2, -0.15) is 0 Å². The lowest BCUT2D eigenvalue weighted by molar-refractivity contribution is 0.121. The summed E-state index contributed by atoms with van der Waals surface area (Å²) in [6, 6.07) is 1.48. The minimum atomic E-state index is -2.55. The van der Waals surface area contributed by atoms with E-state index >= 15 is 0 Å². The summed E-state index contributed by atoms with van der Waals surface area (Å²) in [5.74, 6) is 0. The summed E-state index contributed by atoms with van der Waals surface area (Å²) in [4.78, 5) is 0. The molecule has 0 unspecified atom stereocenters. The molecule has 0 saturated carbocycles. The molecule has 0 saturated heterocycles. The quantitative estimate of drug-likeness (QED) is 0.375. The molecule has 0 aromatic heterocycles. The Morgan fingerprint density at radius 1 is 0.720 bits per heavy atom. The largest absolute Gasteiger partial charge is 0.500 e. The zero-order valence-corrected chi connectivity index (χ0v) is 19.0. The van der Waals surface area contributed by atoms with Gasteiger partial charge in [0.05, 0.1) is 0 Å². The highest BCUT2D eigenvalue weighted by Gasteiger charge is 2.40. The van der Waals surface area contributed by atoms with Crippen LogP contribution >= 0.6 is 0 Å². The molecule has 3 N–H and O–H groups in total. The van der Waals surface area contributed by atoms with Crippen LogP contribution in [0.15, 0.2) is 0 Å². The summed E-state index contributed by atoms with van der Waals surface area (Å²) in [7, 11) is 6.61. The Hall–Kier alpha value is 0.114. The van der Waals surface area contributed by atoms with Crippen molar-refractivity contribution in [2.24, 2.45) is 5.73 Å². The first-order chi connectivity index (χ1) is 11.8. The van der Waals surface area contributed by atoms with Crippen molar-refractivity contribution in [2.45, 2.75) is 43.3 Å². The molecule has 0 spiro atoms. The van der Waals surface area contributed by atoms with Gasteiger partial charge in [-0.15, -0.1) is 0 Å². The topological polar surface area (TPSA) is 93.4 Å². The van der Waals surface area contributed by atoms with Gasteiger partial charge in [0.25, 0.3) is 0 Å². The molecule has 0 atom stereocenters. The molecule has 0 aromatic carbocycles. The van der Waals surface area contributed by atoms with Crippen LogP contribution in [0.3, 0.4) is 0 Å². The molecule has 152 valence electrons. The van der Waals surface area contributed by atoms with Crippen molar-refractivity contribution in [2.75, 3.05) is 56.3 Å². The lowest BCUT2D eigenvalue weighted by atomic mass is 9.90. The van der Waals surface area contributed by atoms with Crippen LogP contribution in [0.4, 0.5) is 0 Å². The van der Waals surface area contributed by atoms with Crippen molar-refractivity contribution in [1.82, 2.24) is 5.32 Å². The average Bonchev–Trinajstić information content (AvgIpc) is 2.63. The summed E-state index contributed by atoms with van der Waals surface area (Å²) in [5, 5.41) is 3.20. The van der Waals surface area contributed by atoms with Gasteiger partial charge in [-0.25, -0.2) is 0 Å². The summed E-state index contributed by atoms with van der Waals surface area (Å²) in [5.41, 5.74) is 6.32. The number of likely N-dealkylation sites (N-methyl/N-ethyl adjacent to an activating group) is 1. The van der Waals surface area contributed by atoms with E-state index in [1.807, 2.05) is 7.05 Å². The number of rotatable bonds is 16. The summed E-state index contributed by atoms with van der Waals surface area (Å²) in [6.07, 6.45) is 3.45. The van der Waals surface area contributed by atoms with E-state index in [2.05, 4.69) is 5.32 Å². The predicted molar refractivity (Wildman–Crippen MR) is 102 cm³/mol. The molecule has 0 aliphatic heterocycles. The second-order valence-electron chi connectivity index (χ2n) is 6.19. The lowest BCUT2D eigenvalue weighted by Gasteiger charge is -2.32. The van der Waals surface area contributed by atoms with Gasteiger partial charge in [0, 0.05) is 66.8 Å². The zero-order chi connectivity index (χ0) is 19.4. The highest BCUT2D eigenvalue weighted by molar-refractivity contribution is 6.60. The van der Waals surface area contributed by atoms with E-state index < -0.39 is 17.6 Å². The second-order valence-corrected chi connectivity index (χ2v) is 12.4. The molecule has 0 heterocycles. The van der Waals surface area contributed by atoms with Crippen molar-refractivity contribution in [1.29, 1.82) is 0 Å². The van der Waals surface area contributed by atoms with Gasteiger partial charge < -0.3 is 37.6 Å². The minimum absolute atomic E-state index is 0.320. The van der Waals surface area contributed by atoms with Crippen molar-refractivity contribution in [3.63, 3.8) is 0 Å². The molecular formula is C15H38N2O6Si2. The molecule has 0 aromatic rings. The molecule has 0 amide bonds. The lowest BCUT2D eigenvalue weighted by Crippen LogP contribution is -2.50. The fourth-order valence-electron chi connectivity index (χ4n) is 3.08. The van der Waals surface area contributed by atoms with E-state index in [4.69, 9.17) is 32.3 Å². The Balaban J connectivity index is 4.63. The predicted octanol–water partition coefficient (Wildman–Crippen LogP) is 1.22. The van der Waals surface area contributed by atoms with E-state index in [0.29, 0.717) is 0 Å². The molecule has 0 aliphatic rings. The standard InChI is InChI=1S/C15H38N2O6Si2/c1-17-14-15(16,10-8-12-24(18-2,19-3)20-4)11-9-13-25(21-5,22-6)23-7/h17H,8-14,16H2,1-7H3. The van der Waals surface area contributed by atoms with Gasteiger partial charge in [0.2, 0.25) is 0 Å². The molecule has 8 nitrogen and oxygen atoms in total. The normalized spacial score (nSPS) is 13.4. The van der Waals surface area contributed by atoms with E-state index in [1.54, 1.807) is 42.7 Å². The number of nitrogens with two attached hydrogens (primary N) is 1. The molecule has 0 rings (SSSR count). The molecule has 0 bridgehead atoms. The van der Waals surface area contributed by atoms with Gasteiger partial charge >= 0.3 is 17.6 Å². The third kappa shape index (κ3) is 8.12. The van der Waals surface area contributed by atoms with Crippen LogP contribution in [0.2, 0.25) is 12.1 Å². The Bertz CT molecular complexity index is 301. The molecule has 25 heavy (non-hydrogen) atoms. The van der Waals surface area contributed by atoms with Gasteiger partial charge in [-0.1, -0.05) is 0 Å². The van der Waals surface area contributed by atoms with Gasteiger partial charge in [0.1, 0.15) is 0 Å². The molecule has 0 radical (unpaired) electrons. The minimum Gasteiger partial charge on any atom is -0.377 e. The third-order valence-electron chi connectivity index (χ3n) is 4.71. The first-order valence-electron chi connectivity index (χ1n) is 8.58. The third-order valence-corrected chi connectivity index (χ3v) is 10.4. The fourth-order valence-corrected chi connectivity index (χ4v) is 6.52. The van der Waals surface area contributed by atoms with Gasteiger partial charge in [0.15, 0.2) is 0 Å². The van der Waals surface area contributed by atoms with Gasteiger partial charge in [-0.3, -0.25) is 0 Å². The Labute approximate surface area is 155 Å². The van der Waals surface area contributed by atoms with Crippen molar-refractivity contribution in [3.05, 3.63) is 0 Å². The van der Waals surface area contributed by atoms with Crippen molar-refractivity contribution < 1.29 is 26.6 Å². The first kappa shape index (κ1) is 25.1. The Morgan fingerprint density at radius 3 is 1.28 bits per heavy atom. The van der Waals surface area contributed by atoms with Crippen LogP contribution in [0, 0.1) is 0 Å². The Morgan fingerprint density at radius 2 is 1.04 bits per heavy atom. The molecular weight excluding hydrogens is 360 g/mol. The average molecular weight is 399 g/mol. The molecule has 0 fully saturated rings. The highest BCUT2D eigenvalue weighted by atomic mass is 28.4. The van der Waals surface area contributed by atoms with E-state index in [0.717, 1.165) is 44.3 Å². The zero-order valence-electron chi connectivity index (χ0n) is 17.0. The maximum Gasteiger partial charge on any atom is 0.500 e.